The van der Waals surface area contributed by atoms with E-state index in [0.29, 0.717) is 45.5 Å². The standard InChI is InChI=1S/C19H22N4O2.C17H17F3N6O2/c1-19(2,3)13-9-7-12(8-10-13)11-20-17(24)21-14-5-4-6-15-16(14)23-18(25)22-15;1-26(2)14-9(6-7-12(24-14)17(18,19)20)8-21-15(27)22-10-4-3-5-11-13(10)25-16(28)23-11/h4-10H,11H2,1-3H3,(H2,20,21,24)(H2,22,23,25);3-7H,8H2,1-2H3,(H2,21,22,27)(H2,23,25,28). The minimum absolute atomic E-state index is 0.0376. The second kappa shape index (κ2) is 15.4. The number of carbonyl (C=O) groups excluding carboxylic acids is 2. The molecule has 14 nitrogen and oxygen atoms in total. The number of pyridine rings is 1. The van der Waals surface area contributed by atoms with Gasteiger partial charge in [0.2, 0.25) is 0 Å². The lowest BCUT2D eigenvalue weighted by Gasteiger charge is -2.19. The predicted octanol–water partition coefficient (Wildman–Crippen LogP) is 6.13. The molecule has 53 heavy (non-hydrogen) atoms. The summed E-state index contributed by atoms with van der Waals surface area (Å²) in [5.41, 5.74) is 4.22. The van der Waals surface area contributed by atoms with Gasteiger partial charge in [-0.25, -0.2) is 24.2 Å². The van der Waals surface area contributed by atoms with Gasteiger partial charge in [0, 0.05) is 32.7 Å². The lowest BCUT2D eigenvalue weighted by molar-refractivity contribution is -0.141. The van der Waals surface area contributed by atoms with Crippen molar-refractivity contribution >= 4 is 51.3 Å². The van der Waals surface area contributed by atoms with E-state index in [1.807, 2.05) is 12.1 Å². The van der Waals surface area contributed by atoms with Crippen LogP contribution in [0.25, 0.3) is 22.1 Å². The smallest absolute Gasteiger partial charge is 0.362 e. The van der Waals surface area contributed by atoms with E-state index in [1.165, 1.54) is 16.5 Å². The first-order chi connectivity index (χ1) is 25.0. The summed E-state index contributed by atoms with van der Waals surface area (Å²) < 4.78 is 38.6. The number of anilines is 3. The van der Waals surface area contributed by atoms with Crippen molar-refractivity contribution in [3.05, 3.63) is 116 Å². The highest BCUT2D eigenvalue weighted by atomic mass is 19.4. The summed E-state index contributed by atoms with van der Waals surface area (Å²) in [6, 6.07) is 19.7. The molecule has 0 atom stereocenters. The van der Waals surface area contributed by atoms with Crippen LogP contribution in [0.5, 0.6) is 0 Å². The van der Waals surface area contributed by atoms with Crippen LogP contribution in [0, 0.1) is 0 Å². The van der Waals surface area contributed by atoms with Gasteiger partial charge in [0.05, 0.1) is 33.4 Å². The van der Waals surface area contributed by atoms with E-state index in [-0.39, 0.29) is 29.5 Å². The average molecular weight is 733 g/mol. The zero-order valence-corrected chi connectivity index (χ0v) is 29.5. The van der Waals surface area contributed by atoms with Crippen LogP contribution < -0.4 is 37.5 Å². The quantitative estimate of drug-likeness (QED) is 0.0972. The van der Waals surface area contributed by atoms with Gasteiger partial charge in [-0.15, -0.1) is 0 Å². The molecule has 0 radical (unpaired) electrons. The van der Waals surface area contributed by atoms with Crippen molar-refractivity contribution in [3.63, 3.8) is 0 Å². The minimum atomic E-state index is -4.56. The Morgan fingerprint density at radius 1 is 0.698 bits per heavy atom. The molecule has 3 heterocycles. The Morgan fingerprint density at radius 3 is 1.68 bits per heavy atom. The predicted molar refractivity (Wildman–Crippen MR) is 198 cm³/mol. The lowest BCUT2D eigenvalue weighted by atomic mass is 9.87. The molecule has 0 bridgehead atoms. The number of alkyl halides is 3. The molecule has 3 aromatic carbocycles. The van der Waals surface area contributed by atoms with Gasteiger partial charge in [-0.1, -0.05) is 63.2 Å². The molecule has 0 spiro atoms. The number of amides is 4. The monoisotopic (exact) mass is 732 g/mol. The van der Waals surface area contributed by atoms with Crippen LogP contribution in [0.3, 0.4) is 0 Å². The van der Waals surface area contributed by atoms with E-state index >= 15 is 0 Å². The summed E-state index contributed by atoms with van der Waals surface area (Å²) in [6.07, 6.45) is -4.56. The van der Waals surface area contributed by atoms with Gasteiger partial charge in [-0.2, -0.15) is 13.2 Å². The number of hydrogen-bond acceptors (Lipinski definition) is 6. The van der Waals surface area contributed by atoms with Crippen molar-refractivity contribution < 1.29 is 22.8 Å². The zero-order chi connectivity index (χ0) is 38.5. The van der Waals surface area contributed by atoms with Crippen molar-refractivity contribution in [1.82, 2.24) is 35.6 Å². The van der Waals surface area contributed by atoms with Crippen molar-refractivity contribution in [2.24, 2.45) is 0 Å². The number of urea groups is 2. The minimum Gasteiger partial charge on any atom is -0.362 e. The normalized spacial score (nSPS) is 11.5. The summed E-state index contributed by atoms with van der Waals surface area (Å²) in [5, 5.41) is 10.8. The van der Waals surface area contributed by atoms with Crippen molar-refractivity contribution in [2.75, 3.05) is 29.6 Å². The summed E-state index contributed by atoms with van der Waals surface area (Å²) in [7, 11) is 3.13. The first-order valence-electron chi connectivity index (χ1n) is 16.3. The first kappa shape index (κ1) is 37.7. The Hall–Kier alpha value is -6.52. The van der Waals surface area contributed by atoms with Crippen molar-refractivity contribution in [2.45, 2.75) is 45.5 Å². The number of nitrogens with zero attached hydrogens (tertiary/aromatic N) is 2. The molecular formula is C36H39F3N10O4. The molecule has 4 amide bonds. The van der Waals surface area contributed by atoms with Crippen LogP contribution in [-0.4, -0.2) is 51.1 Å². The topological polar surface area (TPSA) is 196 Å². The van der Waals surface area contributed by atoms with Gasteiger partial charge in [0.25, 0.3) is 0 Å². The zero-order valence-electron chi connectivity index (χ0n) is 29.5. The molecule has 0 unspecified atom stereocenters. The van der Waals surface area contributed by atoms with Gasteiger partial charge in [-0.05, 0) is 46.9 Å². The van der Waals surface area contributed by atoms with E-state index in [0.717, 1.165) is 11.6 Å². The van der Waals surface area contributed by atoms with Crippen LogP contribution in [0.15, 0.2) is 82.4 Å². The van der Waals surface area contributed by atoms with Crippen LogP contribution in [-0.2, 0) is 24.7 Å². The SMILES string of the molecule is CC(C)(C)c1ccc(CNC(=O)Nc2cccc3[nH]c(=O)[nH]c23)cc1.CN(C)c1nc(C(F)(F)F)ccc1CNC(=O)Nc1cccc2[nH]c(=O)[nH]c12. The highest BCUT2D eigenvalue weighted by Crippen LogP contribution is 2.30. The molecule has 0 fully saturated rings. The molecule has 0 aliphatic carbocycles. The first-order valence-corrected chi connectivity index (χ1v) is 16.3. The average Bonchev–Trinajstić information content (AvgIpc) is 3.68. The highest BCUT2D eigenvalue weighted by molar-refractivity contribution is 5.99. The van der Waals surface area contributed by atoms with Crippen LogP contribution in [0.4, 0.5) is 40.0 Å². The third kappa shape index (κ3) is 9.63. The second-order valence-corrected chi connectivity index (χ2v) is 13.2. The van der Waals surface area contributed by atoms with Gasteiger partial charge in [0.15, 0.2) is 0 Å². The lowest BCUT2D eigenvalue weighted by Crippen LogP contribution is -2.29. The van der Waals surface area contributed by atoms with Crippen molar-refractivity contribution in [3.8, 4) is 0 Å². The van der Waals surface area contributed by atoms with E-state index in [1.54, 1.807) is 50.5 Å². The molecule has 17 heteroatoms. The van der Waals surface area contributed by atoms with E-state index in [2.05, 4.69) is 79.1 Å². The maximum atomic E-state index is 12.9. The summed E-state index contributed by atoms with van der Waals surface area (Å²) in [5.74, 6) is 0.104. The number of carbonyl (C=O) groups is 2. The van der Waals surface area contributed by atoms with Gasteiger partial charge >= 0.3 is 29.6 Å². The van der Waals surface area contributed by atoms with Gasteiger partial charge < -0.3 is 46.1 Å². The molecule has 0 saturated carbocycles. The Labute approximate surface area is 300 Å². The van der Waals surface area contributed by atoms with Crippen LogP contribution in [0.1, 0.15) is 43.2 Å². The number of aromatic nitrogens is 5. The maximum absolute atomic E-state index is 12.9. The van der Waals surface area contributed by atoms with E-state index < -0.39 is 23.6 Å². The Balaban J connectivity index is 0.000000206. The Morgan fingerprint density at radius 2 is 1.21 bits per heavy atom. The van der Waals surface area contributed by atoms with Crippen molar-refractivity contribution in [1.29, 1.82) is 0 Å². The highest BCUT2D eigenvalue weighted by Gasteiger charge is 2.33. The summed E-state index contributed by atoms with van der Waals surface area (Å²) in [6.45, 7) is 6.89. The number of halogens is 3. The molecular weight excluding hydrogens is 693 g/mol. The maximum Gasteiger partial charge on any atom is 0.433 e. The van der Waals surface area contributed by atoms with Crippen LogP contribution in [0.2, 0.25) is 0 Å². The van der Waals surface area contributed by atoms with E-state index in [4.69, 9.17) is 0 Å². The third-order valence-corrected chi connectivity index (χ3v) is 7.98. The molecule has 8 N–H and O–H groups in total. The molecule has 0 aliphatic rings. The van der Waals surface area contributed by atoms with Gasteiger partial charge in [0.1, 0.15) is 11.5 Å². The molecule has 3 aromatic heterocycles. The molecule has 278 valence electrons. The fraction of sp³-hybridized carbons (Fsp3) is 0.250. The Kier molecular flexibility index (Phi) is 11.0. The number of fused-ring (bicyclic) bond motifs is 2. The number of hydrogen-bond donors (Lipinski definition) is 8. The number of imidazole rings is 2. The summed E-state index contributed by atoms with van der Waals surface area (Å²) >= 11 is 0. The number of para-hydroxylation sites is 2. The largest absolute Gasteiger partial charge is 0.433 e. The van der Waals surface area contributed by atoms with E-state index in [9.17, 15) is 32.3 Å². The molecule has 0 aliphatic heterocycles. The summed E-state index contributed by atoms with van der Waals surface area (Å²) in [4.78, 5) is 62.7. The number of nitrogens with one attached hydrogen (secondary N) is 8. The molecule has 0 saturated heterocycles. The second-order valence-electron chi connectivity index (χ2n) is 13.2. The number of aromatic amines is 4. The number of benzene rings is 3. The Bertz CT molecular complexity index is 2350. The fourth-order valence-electron chi connectivity index (χ4n) is 5.30. The van der Waals surface area contributed by atoms with Gasteiger partial charge in [-0.3, -0.25) is 0 Å². The fourth-order valence-corrected chi connectivity index (χ4v) is 5.30. The number of rotatable bonds is 7. The molecule has 6 aromatic rings. The van der Waals surface area contributed by atoms with Crippen LogP contribution >= 0.6 is 0 Å². The number of H-pyrrole nitrogens is 4. The molecule has 6 rings (SSSR count). The third-order valence-electron chi connectivity index (χ3n) is 7.98.